The molecule has 0 aromatic heterocycles. The minimum absolute atomic E-state index is 0.250. The molecule has 0 radical (unpaired) electrons. The minimum atomic E-state index is -0.931. The van der Waals surface area contributed by atoms with Crippen LogP contribution in [0.3, 0.4) is 0 Å². The van der Waals surface area contributed by atoms with Crippen molar-refractivity contribution in [3.05, 3.63) is 87.9 Å². The topological polar surface area (TPSA) is 98.2 Å². The second-order valence-corrected chi connectivity index (χ2v) is 9.24. The van der Waals surface area contributed by atoms with Gasteiger partial charge in [0, 0.05) is 11.4 Å². The van der Waals surface area contributed by atoms with Gasteiger partial charge in [0.05, 0.1) is 24.5 Å². The highest BCUT2D eigenvalue weighted by Crippen LogP contribution is 2.29. The molecule has 0 fully saturated rings. The lowest BCUT2D eigenvalue weighted by molar-refractivity contribution is -0.132. The van der Waals surface area contributed by atoms with E-state index in [0.29, 0.717) is 41.0 Å². The van der Waals surface area contributed by atoms with Crippen molar-refractivity contribution in [2.75, 3.05) is 13.2 Å². The van der Waals surface area contributed by atoms with Crippen molar-refractivity contribution in [3.63, 3.8) is 0 Å². The molecule has 2 atom stereocenters. The average Bonchev–Trinajstić information content (AvgIpc) is 2.92. The van der Waals surface area contributed by atoms with Crippen molar-refractivity contribution in [3.8, 4) is 17.2 Å². The Morgan fingerprint density at radius 1 is 0.897 bits per heavy atom. The summed E-state index contributed by atoms with van der Waals surface area (Å²) in [6.45, 7) is 6.33. The molecule has 8 nitrogen and oxygen atoms in total. The monoisotopic (exact) mass is 571 g/mol. The van der Waals surface area contributed by atoms with Crippen molar-refractivity contribution >= 4 is 41.2 Å². The number of nitrogens with zero attached hydrogens (tertiary/aromatic N) is 1. The molecule has 39 heavy (non-hydrogen) atoms. The maximum absolute atomic E-state index is 13.1. The Morgan fingerprint density at radius 2 is 1.59 bits per heavy atom. The molecular formula is C29H31Cl2N3O5. The molecule has 10 heteroatoms. The summed E-state index contributed by atoms with van der Waals surface area (Å²) >= 11 is 12.1. The van der Waals surface area contributed by atoms with Gasteiger partial charge in [0.2, 0.25) is 0 Å². The van der Waals surface area contributed by atoms with E-state index < -0.39 is 24.0 Å². The number of rotatable bonds is 13. The number of hydrogen-bond acceptors (Lipinski definition) is 6. The summed E-state index contributed by atoms with van der Waals surface area (Å²) in [5.41, 5.74) is 4.09. The van der Waals surface area contributed by atoms with Gasteiger partial charge in [-0.15, -0.1) is 0 Å². The van der Waals surface area contributed by atoms with Crippen LogP contribution in [0.1, 0.15) is 31.9 Å². The number of carbonyl (C=O) groups is 2. The van der Waals surface area contributed by atoms with Crippen LogP contribution in [-0.2, 0) is 16.0 Å². The first-order chi connectivity index (χ1) is 18.8. The third kappa shape index (κ3) is 9.19. The smallest absolute Gasteiger partial charge is 0.262 e. The fraction of sp³-hybridized carbons (Fsp3) is 0.276. The molecule has 0 saturated carbocycles. The molecule has 0 saturated heterocycles. The van der Waals surface area contributed by atoms with Gasteiger partial charge in [0.25, 0.3) is 11.8 Å². The number of nitrogens with one attached hydrogen (secondary N) is 2. The molecule has 3 aromatic rings. The number of amides is 2. The highest BCUT2D eigenvalue weighted by atomic mass is 35.5. The van der Waals surface area contributed by atoms with E-state index in [-0.39, 0.29) is 11.4 Å². The van der Waals surface area contributed by atoms with E-state index in [2.05, 4.69) is 15.8 Å². The zero-order valence-corrected chi connectivity index (χ0v) is 23.5. The van der Waals surface area contributed by atoms with E-state index in [4.69, 9.17) is 37.4 Å². The Bertz CT molecular complexity index is 1290. The lowest BCUT2D eigenvalue weighted by atomic mass is 10.1. The van der Waals surface area contributed by atoms with Crippen LogP contribution < -0.4 is 25.0 Å². The standard InChI is InChI=1S/C29H31Cl2N3O5/c1-4-37-26-13-11-21(16-27(26)38-5-2)18-32-34-29(36)24(15-20-9-7-6-8-10-20)33-28(35)19(3)39-25-14-12-22(30)17-23(25)31/h6-14,16-19,24H,4-5,15H2,1-3H3,(H,33,35)(H,34,36)/b32-18-/t19-,24+/m1/s1. The van der Waals surface area contributed by atoms with Crippen LogP contribution in [0.2, 0.25) is 10.0 Å². The fourth-order valence-corrected chi connectivity index (χ4v) is 4.01. The van der Waals surface area contributed by atoms with E-state index in [1.807, 2.05) is 44.2 Å². The van der Waals surface area contributed by atoms with Gasteiger partial charge in [-0.3, -0.25) is 9.59 Å². The van der Waals surface area contributed by atoms with Crippen molar-refractivity contribution in [1.82, 2.24) is 10.7 Å². The molecule has 206 valence electrons. The second-order valence-electron chi connectivity index (χ2n) is 8.39. The van der Waals surface area contributed by atoms with Gasteiger partial charge in [-0.25, -0.2) is 5.43 Å². The summed E-state index contributed by atoms with van der Waals surface area (Å²) in [7, 11) is 0. The van der Waals surface area contributed by atoms with E-state index >= 15 is 0 Å². The zero-order valence-electron chi connectivity index (χ0n) is 21.9. The van der Waals surface area contributed by atoms with Crippen LogP contribution in [-0.4, -0.2) is 43.4 Å². The normalized spacial score (nSPS) is 12.4. The summed E-state index contributed by atoms with van der Waals surface area (Å²) in [5, 5.41) is 7.57. The summed E-state index contributed by atoms with van der Waals surface area (Å²) < 4.78 is 16.9. The summed E-state index contributed by atoms with van der Waals surface area (Å²) in [4.78, 5) is 26.1. The largest absolute Gasteiger partial charge is 0.490 e. The second kappa shape index (κ2) is 15.0. The van der Waals surface area contributed by atoms with Crippen molar-refractivity contribution in [1.29, 1.82) is 0 Å². The summed E-state index contributed by atoms with van der Waals surface area (Å²) in [6.07, 6.45) is 0.810. The number of halogens is 2. The summed E-state index contributed by atoms with van der Waals surface area (Å²) in [5.74, 6) is 0.533. The Balaban J connectivity index is 1.70. The first-order valence-corrected chi connectivity index (χ1v) is 13.2. The predicted octanol–water partition coefficient (Wildman–Crippen LogP) is 5.44. The Kier molecular flexibility index (Phi) is 11.5. The molecule has 0 heterocycles. The van der Waals surface area contributed by atoms with Crippen LogP contribution in [0, 0.1) is 0 Å². The van der Waals surface area contributed by atoms with Gasteiger partial charge in [-0.1, -0.05) is 53.5 Å². The SMILES string of the molecule is CCOc1ccc(/C=N\NC(=O)[C@H](Cc2ccccc2)NC(=O)[C@@H](C)Oc2ccc(Cl)cc2Cl)cc1OCC. The van der Waals surface area contributed by atoms with E-state index in [1.165, 1.54) is 12.3 Å². The van der Waals surface area contributed by atoms with E-state index in [9.17, 15) is 9.59 Å². The molecule has 0 spiro atoms. The van der Waals surface area contributed by atoms with Crippen LogP contribution in [0.4, 0.5) is 0 Å². The number of hydrazone groups is 1. The Morgan fingerprint density at radius 3 is 2.28 bits per heavy atom. The van der Waals surface area contributed by atoms with Crippen LogP contribution in [0.5, 0.6) is 17.2 Å². The van der Waals surface area contributed by atoms with Crippen LogP contribution in [0.25, 0.3) is 0 Å². The molecule has 3 rings (SSSR count). The maximum atomic E-state index is 13.1. The molecular weight excluding hydrogens is 541 g/mol. The molecule has 2 amide bonds. The maximum Gasteiger partial charge on any atom is 0.262 e. The highest BCUT2D eigenvalue weighted by molar-refractivity contribution is 6.35. The average molecular weight is 572 g/mol. The first-order valence-electron chi connectivity index (χ1n) is 12.5. The minimum Gasteiger partial charge on any atom is -0.490 e. The van der Waals surface area contributed by atoms with E-state index in [1.54, 1.807) is 37.3 Å². The molecule has 0 aliphatic rings. The third-order valence-electron chi connectivity index (χ3n) is 5.44. The summed E-state index contributed by atoms with van der Waals surface area (Å²) in [6, 6.07) is 18.5. The number of ether oxygens (including phenoxy) is 3. The van der Waals surface area contributed by atoms with Crippen LogP contribution in [0.15, 0.2) is 71.8 Å². The Hall–Kier alpha value is -3.75. The van der Waals surface area contributed by atoms with E-state index in [0.717, 1.165) is 5.56 Å². The van der Waals surface area contributed by atoms with Crippen molar-refractivity contribution in [2.24, 2.45) is 5.10 Å². The fourth-order valence-electron chi connectivity index (χ4n) is 3.56. The van der Waals surface area contributed by atoms with Crippen molar-refractivity contribution < 1.29 is 23.8 Å². The van der Waals surface area contributed by atoms with Gasteiger partial charge in [0.15, 0.2) is 17.6 Å². The van der Waals surface area contributed by atoms with Gasteiger partial charge >= 0.3 is 0 Å². The molecule has 0 bridgehead atoms. The molecule has 2 N–H and O–H groups in total. The number of benzene rings is 3. The van der Waals surface area contributed by atoms with Crippen molar-refractivity contribution in [2.45, 2.75) is 39.3 Å². The Labute approximate surface area is 238 Å². The van der Waals surface area contributed by atoms with Gasteiger partial charge in [0.1, 0.15) is 11.8 Å². The van der Waals surface area contributed by atoms with Gasteiger partial charge < -0.3 is 19.5 Å². The third-order valence-corrected chi connectivity index (χ3v) is 5.97. The number of carbonyl (C=O) groups excluding carboxylic acids is 2. The van der Waals surface area contributed by atoms with Gasteiger partial charge in [-0.05, 0) is 68.3 Å². The molecule has 0 aliphatic carbocycles. The highest BCUT2D eigenvalue weighted by Gasteiger charge is 2.25. The van der Waals surface area contributed by atoms with Crippen LogP contribution >= 0.6 is 23.2 Å². The van der Waals surface area contributed by atoms with Gasteiger partial charge in [-0.2, -0.15) is 5.10 Å². The number of hydrogen-bond donors (Lipinski definition) is 2. The molecule has 0 unspecified atom stereocenters. The quantitative estimate of drug-likeness (QED) is 0.210. The molecule has 0 aliphatic heterocycles. The lowest BCUT2D eigenvalue weighted by Crippen LogP contribution is -2.50. The molecule has 3 aromatic carbocycles. The lowest BCUT2D eigenvalue weighted by Gasteiger charge is -2.21. The zero-order chi connectivity index (χ0) is 28.2. The predicted molar refractivity (Wildman–Crippen MR) is 153 cm³/mol. The first kappa shape index (κ1) is 29.8.